The zero-order valence-corrected chi connectivity index (χ0v) is 11.5. The van der Waals surface area contributed by atoms with E-state index in [4.69, 9.17) is 16.3 Å². The Hall–Kier alpha value is -0.870. The first-order valence-corrected chi connectivity index (χ1v) is 6.94. The Bertz CT molecular complexity index is 380. The molecule has 0 aromatic carbocycles. The van der Waals surface area contributed by atoms with Crippen LogP contribution in [0.1, 0.15) is 43.8 Å². The third-order valence-corrected chi connectivity index (χ3v) is 3.49. The van der Waals surface area contributed by atoms with E-state index in [1.165, 1.54) is 32.1 Å². The van der Waals surface area contributed by atoms with E-state index >= 15 is 0 Å². The van der Waals surface area contributed by atoms with Gasteiger partial charge in [-0.3, -0.25) is 0 Å². The summed E-state index contributed by atoms with van der Waals surface area (Å²) in [5, 5.41) is 3.72. The number of rotatable bonds is 5. The van der Waals surface area contributed by atoms with Crippen LogP contribution in [-0.2, 0) is 4.74 Å². The lowest BCUT2D eigenvalue weighted by Gasteiger charge is -2.20. The van der Waals surface area contributed by atoms with Crippen LogP contribution in [0.25, 0.3) is 0 Å². The molecule has 1 aromatic heterocycles. The second-order valence-corrected chi connectivity index (χ2v) is 5.08. The predicted molar refractivity (Wildman–Crippen MR) is 73.2 cm³/mol. The van der Waals surface area contributed by atoms with E-state index in [1.54, 1.807) is 13.2 Å². The maximum absolute atomic E-state index is 6.06. The topological polar surface area (TPSA) is 47.0 Å². The molecule has 5 heteroatoms. The fourth-order valence-electron chi connectivity index (χ4n) is 2.35. The van der Waals surface area contributed by atoms with Crippen molar-refractivity contribution in [2.24, 2.45) is 0 Å². The van der Waals surface area contributed by atoms with Crippen LogP contribution >= 0.6 is 11.6 Å². The SMILES string of the molecule is COCCNc1cc(Cl)nc(C2CCCCC2)n1. The highest BCUT2D eigenvalue weighted by Gasteiger charge is 2.19. The fourth-order valence-corrected chi connectivity index (χ4v) is 2.54. The monoisotopic (exact) mass is 269 g/mol. The molecule has 0 atom stereocenters. The molecule has 18 heavy (non-hydrogen) atoms. The molecule has 1 aromatic rings. The van der Waals surface area contributed by atoms with Crippen molar-refractivity contribution >= 4 is 17.4 Å². The molecule has 1 saturated carbocycles. The number of hydrogen-bond acceptors (Lipinski definition) is 4. The quantitative estimate of drug-likeness (QED) is 0.659. The maximum Gasteiger partial charge on any atom is 0.135 e. The molecule has 1 heterocycles. The molecule has 0 bridgehead atoms. The lowest BCUT2D eigenvalue weighted by molar-refractivity contribution is 0.210. The van der Waals surface area contributed by atoms with Crippen LogP contribution in [0, 0.1) is 0 Å². The first-order chi connectivity index (χ1) is 8.79. The average Bonchev–Trinajstić information content (AvgIpc) is 2.39. The van der Waals surface area contributed by atoms with Crippen LogP contribution < -0.4 is 5.32 Å². The van der Waals surface area contributed by atoms with Gasteiger partial charge in [-0.2, -0.15) is 0 Å². The molecule has 1 N–H and O–H groups in total. The smallest absolute Gasteiger partial charge is 0.135 e. The summed E-state index contributed by atoms with van der Waals surface area (Å²) < 4.78 is 5.00. The Morgan fingerprint density at radius 1 is 1.33 bits per heavy atom. The van der Waals surface area contributed by atoms with E-state index in [9.17, 15) is 0 Å². The van der Waals surface area contributed by atoms with E-state index < -0.39 is 0 Å². The Morgan fingerprint density at radius 2 is 2.11 bits per heavy atom. The second-order valence-electron chi connectivity index (χ2n) is 4.69. The van der Waals surface area contributed by atoms with Gasteiger partial charge < -0.3 is 10.1 Å². The van der Waals surface area contributed by atoms with Gasteiger partial charge in [0.2, 0.25) is 0 Å². The summed E-state index contributed by atoms with van der Waals surface area (Å²) in [5.41, 5.74) is 0. The van der Waals surface area contributed by atoms with Gasteiger partial charge in [0.25, 0.3) is 0 Å². The molecule has 2 rings (SSSR count). The van der Waals surface area contributed by atoms with Crippen molar-refractivity contribution in [3.63, 3.8) is 0 Å². The molecular weight excluding hydrogens is 250 g/mol. The van der Waals surface area contributed by atoms with E-state index in [1.807, 2.05) is 0 Å². The molecule has 0 spiro atoms. The number of ether oxygens (including phenoxy) is 1. The van der Waals surface area contributed by atoms with Crippen LogP contribution in [-0.4, -0.2) is 30.2 Å². The molecule has 1 aliphatic carbocycles. The summed E-state index contributed by atoms with van der Waals surface area (Å²) in [6.45, 7) is 1.38. The number of hydrogen-bond donors (Lipinski definition) is 1. The fraction of sp³-hybridized carbons (Fsp3) is 0.692. The van der Waals surface area contributed by atoms with Crippen LogP contribution in [0.2, 0.25) is 5.15 Å². The van der Waals surface area contributed by atoms with Gasteiger partial charge in [0.15, 0.2) is 0 Å². The van der Waals surface area contributed by atoms with Crippen molar-refractivity contribution in [3.05, 3.63) is 17.0 Å². The van der Waals surface area contributed by atoms with Crippen LogP contribution in [0.4, 0.5) is 5.82 Å². The highest BCUT2D eigenvalue weighted by Crippen LogP contribution is 2.31. The normalized spacial score (nSPS) is 16.8. The minimum absolute atomic E-state index is 0.473. The lowest BCUT2D eigenvalue weighted by Crippen LogP contribution is -2.13. The lowest BCUT2D eigenvalue weighted by atomic mass is 9.89. The third kappa shape index (κ3) is 3.82. The summed E-state index contributed by atoms with van der Waals surface area (Å²) >= 11 is 6.06. The minimum atomic E-state index is 0.473. The standard InChI is InChI=1S/C13H20ClN3O/c1-18-8-7-15-12-9-11(14)16-13(17-12)10-5-3-2-4-6-10/h9-10H,2-8H2,1H3,(H,15,16,17). The van der Waals surface area contributed by atoms with Crippen LogP contribution in [0.15, 0.2) is 6.07 Å². The van der Waals surface area contributed by atoms with Gasteiger partial charge >= 0.3 is 0 Å². The molecule has 4 nitrogen and oxygen atoms in total. The minimum Gasteiger partial charge on any atom is -0.383 e. The number of nitrogens with one attached hydrogen (secondary N) is 1. The molecule has 0 unspecified atom stereocenters. The second kappa shape index (κ2) is 6.90. The van der Waals surface area contributed by atoms with Crippen LogP contribution in [0.5, 0.6) is 0 Å². The van der Waals surface area contributed by atoms with Gasteiger partial charge in [0.05, 0.1) is 6.61 Å². The Kier molecular flexibility index (Phi) is 5.20. The number of halogens is 1. The molecule has 100 valence electrons. The summed E-state index contributed by atoms with van der Waals surface area (Å²) in [6, 6.07) is 1.77. The Labute approximate surface area is 113 Å². The first kappa shape index (κ1) is 13.6. The first-order valence-electron chi connectivity index (χ1n) is 6.57. The molecule has 0 radical (unpaired) electrons. The third-order valence-electron chi connectivity index (χ3n) is 3.29. The summed E-state index contributed by atoms with van der Waals surface area (Å²) in [4.78, 5) is 8.94. The van der Waals surface area contributed by atoms with Gasteiger partial charge in [-0.05, 0) is 12.8 Å². The van der Waals surface area contributed by atoms with Gasteiger partial charge in [0.1, 0.15) is 16.8 Å². The largest absolute Gasteiger partial charge is 0.383 e. The number of nitrogens with zero attached hydrogens (tertiary/aromatic N) is 2. The number of methoxy groups -OCH3 is 1. The molecule has 1 aliphatic rings. The van der Waals surface area contributed by atoms with Crippen LogP contribution in [0.3, 0.4) is 0 Å². The summed E-state index contributed by atoms with van der Waals surface area (Å²) in [6.07, 6.45) is 6.23. The van der Waals surface area contributed by atoms with E-state index in [2.05, 4.69) is 15.3 Å². The van der Waals surface area contributed by atoms with Crippen molar-refractivity contribution < 1.29 is 4.74 Å². The van der Waals surface area contributed by atoms with Crippen molar-refractivity contribution in [1.82, 2.24) is 9.97 Å². The highest BCUT2D eigenvalue weighted by atomic mass is 35.5. The average molecular weight is 270 g/mol. The molecular formula is C13H20ClN3O. The zero-order valence-electron chi connectivity index (χ0n) is 10.8. The Balaban J connectivity index is 2.05. The number of aromatic nitrogens is 2. The van der Waals surface area contributed by atoms with E-state index in [-0.39, 0.29) is 0 Å². The van der Waals surface area contributed by atoms with Gasteiger partial charge in [0, 0.05) is 25.6 Å². The predicted octanol–water partition coefficient (Wildman–Crippen LogP) is 3.24. The maximum atomic E-state index is 6.06. The van der Waals surface area contributed by atoms with E-state index in [0.29, 0.717) is 17.7 Å². The summed E-state index contributed by atoms with van der Waals surface area (Å²) in [5.74, 6) is 2.16. The molecule has 1 fully saturated rings. The van der Waals surface area contributed by atoms with E-state index in [0.717, 1.165) is 18.2 Å². The van der Waals surface area contributed by atoms with Gasteiger partial charge in [-0.1, -0.05) is 30.9 Å². The van der Waals surface area contributed by atoms with Gasteiger partial charge in [-0.25, -0.2) is 9.97 Å². The van der Waals surface area contributed by atoms with Crippen molar-refractivity contribution in [2.45, 2.75) is 38.0 Å². The Morgan fingerprint density at radius 3 is 2.83 bits per heavy atom. The zero-order chi connectivity index (χ0) is 12.8. The highest BCUT2D eigenvalue weighted by molar-refractivity contribution is 6.29. The molecule has 0 saturated heterocycles. The molecule has 0 amide bonds. The van der Waals surface area contributed by atoms with Gasteiger partial charge in [-0.15, -0.1) is 0 Å². The van der Waals surface area contributed by atoms with Crippen molar-refractivity contribution in [3.8, 4) is 0 Å². The number of anilines is 1. The summed E-state index contributed by atoms with van der Waals surface area (Å²) in [7, 11) is 1.68. The van der Waals surface area contributed by atoms with Crippen molar-refractivity contribution in [1.29, 1.82) is 0 Å². The van der Waals surface area contributed by atoms with Crippen molar-refractivity contribution in [2.75, 3.05) is 25.6 Å². The molecule has 0 aliphatic heterocycles.